The summed E-state index contributed by atoms with van der Waals surface area (Å²) in [6.45, 7) is 0.744. The van der Waals surface area contributed by atoms with Crippen molar-refractivity contribution in [2.24, 2.45) is 4.99 Å². The Kier molecular flexibility index (Phi) is 7.47. The average Bonchev–Trinajstić information content (AvgIpc) is 2.64. The smallest absolute Gasteiger partial charge is 0.243 e. The number of halogens is 1. The maximum atomic E-state index is 12.9. The van der Waals surface area contributed by atoms with Crippen LogP contribution in [-0.2, 0) is 11.3 Å². The van der Waals surface area contributed by atoms with Crippen molar-refractivity contribution in [3.05, 3.63) is 59.9 Å². The number of aliphatic imine (C=N–C) groups is 1. The molecular weight excluding hydrogens is 351 g/mol. The number of amides is 1. The predicted molar refractivity (Wildman–Crippen MR) is 106 cm³/mol. The second-order valence-electron chi connectivity index (χ2n) is 5.66. The van der Waals surface area contributed by atoms with Crippen LogP contribution < -0.4 is 10.6 Å². The first-order valence-corrected chi connectivity index (χ1v) is 9.34. The molecule has 0 aliphatic heterocycles. The van der Waals surface area contributed by atoms with E-state index in [0.717, 1.165) is 5.56 Å². The van der Waals surface area contributed by atoms with Crippen LogP contribution in [0.5, 0.6) is 0 Å². The van der Waals surface area contributed by atoms with Gasteiger partial charge in [-0.1, -0.05) is 12.1 Å². The number of anilines is 1. The molecule has 0 radical (unpaired) electrons. The van der Waals surface area contributed by atoms with Crippen LogP contribution in [0.4, 0.5) is 10.1 Å². The van der Waals surface area contributed by atoms with E-state index in [1.165, 1.54) is 29.2 Å². The highest BCUT2D eigenvalue weighted by atomic mass is 32.2. The van der Waals surface area contributed by atoms with Crippen LogP contribution in [0.25, 0.3) is 0 Å². The lowest BCUT2D eigenvalue weighted by molar-refractivity contribution is -0.115. The van der Waals surface area contributed by atoms with Gasteiger partial charge in [0.1, 0.15) is 5.82 Å². The van der Waals surface area contributed by atoms with Crippen LogP contribution in [0.3, 0.4) is 0 Å². The Labute approximate surface area is 157 Å². The van der Waals surface area contributed by atoms with Gasteiger partial charge >= 0.3 is 0 Å². The maximum absolute atomic E-state index is 12.9. The third kappa shape index (κ3) is 6.07. The summed E-state index contributed by atoms with van der Waals surface area (Å²) < 4.78 is 12.9. The fourth-order valence-corrected chi connectivity index (χ4v) is 2.77. The van der Waals surface area contributed by atoms with Crippen molar-refractivity contribution in [2.75, 3.05) is 32.2 Å². The molecule has 0 aliphatic carbocycles. The molecule has 2 N–H and O–H groups in total. The van der Waals surface area contributed by atoms with Crippen molar-refractivity contribution in [3.8, 4) is 0 Å². The van der Waals surface area contributed by atoms with Gasteiger partial charge in [-0.25, -0.2) is 4.39 Å². The molecule has 0 aliphatic rings. The Hall–Kier alpha value is -2.54. The quantitative estimate of drug-likeness (QED) is 0.463. The van der Waals surface area contributed by atoms with Crippen LogP contribution in [-0.4, -0.2) is 43.7 Å². The number of nitrogens with one attached hydrogen (secondary N) is 2. The van der Waals surface area contributed by atoms with E-state index in [1.54, 1.807) is 18.8 Å². The summed E-state index contributed by atoms with van der Waals surface area (Å²) in [4.78, 5) is 19.4. The molecule has 0 heterocycles. The Morgan fingerprint density at radius 3 is 2.38 bits per heavy atom. The van der Waals surface area contributed by atoms with Gasteiger partial charge in [0.15, 0.2) is 5.96 Å². The molecule has 5 nitrogen and oxygen atoms in total. The van der Waals surface area contributed by atoms with Gasteiger partial charge < -0.3 is 15.5 Å². The van der Waals surface area contributed by atoms with Crippen molar-refractivity contribution < 1.29 is 9.18 Å². The van der Waals surface area contributed by atoms with Gasteiger partial charge in [-0.3, -0.25) is 9.79 Å². The number of benzene rings is 2. The molecule has 138 valence electrons. The van der Waals surface area contributed by atoms with Gasteiger partial charge in [-0.05, 0) is 48.2 Å². The zero-order valence-corrected chi connectivity index (χ0v) is 15.9. The number of hydrogen-bond acceptors (Lipinski definition) is 3. The van der Waals surface area contributed by atoms with E-state index in [-0.39, 0.29) is 18.3 Å². The second-order valence-corrected chi connectivity index (χ2v) is 6.54. The highest BCUT2D eigenvalue weighted by Gasteiger charge is 2.09. The number of carbonyl (C=O) groups is 1. The maximum Gasteiger partial charge on any atom is 0.243 e. The molecule has 0 spiro atoms. The lowest BCUT2D eigenvalue weighted by Gasteiger charge is -2.22. The third-order valence-corrected chi connectivity index (χ3v) is 4.43. The minimum absolute atomic E-state index is 0.0692. The molecule has 0 fully saturated rings. The summed E-state index contributed by atoms with van der Waals surface area (Å²) in [5.41, 5.74) is 1.71. The molecule has 0 aromatic heterocycles. The first-order chi connectivity index (χ1) is 12.5. The molecular formula is C19H23FN4OS. The molecule has 0 saturated heterocycles. The lowest BCUT2D eigenvalue weighted by Crippen LogP contribution is -2.42. The fourth-order valence-electron chi connectivity index (χ4n) is 2.36. The Balaban J connectivity index is 1.85. The number of thioether (sulfide) groups is 1. The van der Waals surface area contributed by atoms with Crippen molar-refractivity contribution in [1.29, 1.82) is 0 Å². The highest BCUT2D eigenvalue weighted by Crippen LogP contribution is 2.15. The summed E-state index contributed by atoms with van der Waals surface area (Å²) in [6.07, 6.45) is 2.05. The van der Waals surface area contributed by atoms with Crippen molar-refractivity contribution in [1.82, 2.24) is 10.2 Å². The Bertz CT molecular complexity index is 747. The number of hydrogen-bond donors (Lipinski definition) is 2. The fraction of sp³-hybridized carbons (Fsp3) is 0.263. The Morgan fingerprint density at radius 2 is 1.81 bits per heavy atom. The monoisotopic (exact) mass is 374 g/mol. The standard InChI is InChI=1S/C19H23FN4OS/c1-21-19(24(2)13-14-4-10-17(26-3)11-5-14)22-12-18(25)23-16-8-6-15(20)7-9-16/h4-11H,12-13H2,1-3H3,(H,21,22)(H,23,25). The Morgan fingerprint density at radius 1 is 1.15 bits per heavy atom. The summed E-state index contributed by atoms with van der Waals surface area (Å²) in [6, 6.07) is 14.0. The van der Waals surface area contributed by atoms with E-state index < -0.39 is 0 Å². The number of guanidine groups is 1. The van der Waals surface area contributed by atoms with Gasteiger partial charge in [-0.15, -0.1) is 11.8 Å². The van der Waals surface area contributed by atoms with Crippen molar-refractivity contribution in [3.63, 3.8) is 0 Å². The predicted octanol–water partition coefficient (Wildman–Crippen LogP) is 3.19. The summed E-state index contributed by atoms with van der Waals surface area (Å²) in [7, 11) is 3.59. The molecule has 0 bridgehead atoms. The summed E-state index contributed by atoms with van der Waals surface area (Å²) >= 11 is 1.71. The number of carbonyl (C=O) groups excluding carboxylic acids is 1. The van der Waals surface area contributed by atoms with E-state index in [9.17, 15) is 9.18 Å². The lowest BCUT2D eigenvalue weighted by atomic mass is 10.2. The molecule has 0 saturated carbocycles. The minimum Gasteiger partial charge on any atom is -0.347 e. The highest BCUT2D eigenvalue weighted by molar-refractivity contribution is 7.98. The first kappa shape index (κ1) is 19.8. The summed E-state index contributed by atoms with van der Waals surface area (Å²) in [5, 5.41) is 5.74. The van der Waals surface area contributed by atoms with E-state index in [2.05, 4.69) is 39.9 Å². The van der Waals surface area contributed by atoms with Crippen LogP contribution >= 0.6 is 11.8 Å². The first-order valence-electron chi connectivity index (χ1n) is 8.12. The largest absolute Gasteiger partial charge is 0.347 e. The van der Waals surface area contributed by atoms with Crippen LogP contribution in [0.15, 0.2) is 58.4 Å². The average molecular weight is 374 g/mol. The molecule has 2 rings (SSSR count). The zero-order chi connectivity index (χ0) is 18.9. The number of rotatable bonds is 6. The summed E-state index contributed by atoms with van der Waals surface area (Å²) in [5.74, 6) is 0.0531. The molecule has 1 amide bonds. The normalized spacial score (nSPS) is 11.2. The van der Waals surface area contributed by atoms with E-state index in [4.69, 9.17) is 0 Å². The van der Waals surface area contributed by atoms with Gasteiger partial charge in [0.2, 0.25) is 5.91 Å². The van der Waals surface area contributed by atoms with Crippen molar-refractivity contribution >= 4 is 29.3 Å². The second kappa shape index (κ2) is 9.82. The SMILES string of the molecule is CN=C(NCC(=O)Nc1ccc(F)cc1)N(C)Cc1ccc(SC)cc1. The third-order valence-electron chi connectivity index (χ3n) is 3.69. The molecule has 0 unspecified atom stereocenters. The molecule has 0 atom stereocenters. The van der Waals surface area contributed by atoms with E-state index >= 15 is 0 Å². The van der Waals surface area contributed by atoms with Gasteiger partial charge in [0, 0.05) is 31.2 Å². The van der Waals surface area contributed by atoms with Crippen molar-refractivity contribution in [2.45, 2.75) is 11.4 Å². The molecule has 2 aromatic carbocycles. The van der Waals surface area contributed by atoms with E-state index in [0.29, 0.717) is 18.2 Å². The molecule has 7 heteroatoms. The topological polar surface area (TPSA) is 56.7 Å². The van der Waals surface area contributed by atoms with Gasteiger partial charge in [-0.2, -0.15) is 0 Å². The minimum atomic E-state index is -0.339. The molecule has 2 aromatic rings. The van der Waals surface area contributed by atoms with Crippen LogP contribution in [0.1, 0.15) is 5.56 Å². The van der Waals surface area contributed by atoms with Gasteiger partial charge in [0.05, 0.1) is 6.54 Å². The zero-order valence-electron chi connectivity index (χ0n) is 15.1. The van der Waals surface area contributed by atoms with Crippen LogP contribution in [0, 0.1) is 5.82 Å². The van der Waals surface area contributed by atoms with Gasteiger partial charge in [0.25, 0.3) is 0 Å². The number of nitrogens with zero attached hydrogens (tertiary/aromatic N) is 2. The van der Waals surface area contributed by atoms with E-state index in [1.807, 2.05) is 18.2 Å². The molecule has 26 heavy (non-hydrogen) atoms. The van der Waals surface area contributed by atoms with Crippen LogP contribution in [0.2, 0.25) is 0 Å².